The maximum Gasteiger partial charge on any atom is 0.168 e. The smallest absolute Gasteiger partial charge is 0.168 e. The second kappa shape index (κ2) is 5.08. The first-order valence-electron chi connectivity index (χ1n) is 7.01. The number of fused-ring (bicyclic) bond motifs is 2. The Morgan fingerprint density at radius 2 is 1.76 bits per heavy atom. The number of hydrogen-bond donors (Lipinski definition) is 0. The van der Waals surface area contributed by atoms with Gasteiger partial charge in [0.15, 0.2) is 5.78 Å². The van der Waals surface area contributed by atoms with Crippen LogP contribution in [0.3, 0.4) is 0 Å². The van der Waals surface area contributed by atoms with Gasteiger partial charge >= 0.3 is 0 Å². The van der Waals surface area contributed by atoms with Gasteiger partial charge in [0.05, 0.1) is 0 Å². The van der Waals surface area contributed by atoms with E-state index < -0.39 is 0 Å². The van der Waals surface area contributed by atoms with Crippen LogP contribution in [0.2, 0.25) is 0 Å². The minimum Gasteiger partial charge on any atom is -0.294 e. The predicted octanol–water partition coefficient (Wildman–Crippen LogP) is 5.26. The molecule has 2 aromatic carbocycles. The van der Waals surface area contributed by atoms with Crippen LogP contribution in [0, 0.1) is 5.92 Å². The van der Waals surface area contributed by atoms with Crippen molar-refractivity contribution in [3.63, 3.8) is 0 Å². The van der Waals surface area contributed by atoms with E-state index in [4.69, 9.17) is 0 Å². The van der Waals surface area contributed by atoms with Crippen LogP contribution in [0.5, 0.6) is 0 Å². The van der Waals surface area contributed by atoms with E-state index in [1.165, 1.54) is 11.1 Å². The lowest BCUT2D eigenvalue weighted by molar-refractivity contribution is 0.0927. The van der Waals surface area contributed by atoms with Crippen LogP contribution in [0.4, 0.5) is 0 Å². The van der Waals surface area contributed by atoms with Gasteiger partial charge in [0.2, 0.25) is 0 Å². The Morgan fingerprint density at radius 1 is 1.05 bits per heavy atom. The second-order valence-electron chi connectivity index (χ2n) is 5.50. The van der Waals surface area contributed by atoms with E-state index in [0.717, 1.165) is 33.0 Å². The summed E-state index contributed by atoms with van der Waals surface area (Å²) in [6, 6.07) is 14.5. The molecule has 0 atom stereocenters. The molecular formula is C18H13BrOS. The van der Waals surface area contributed by atoms with Crippen LogP contribution in [0.1, 0.15) is 21.5 Å². The molecule has 1 aliphatic rings. The Hall–Kier alpha value is -1.45. The van der Waals surface area contributed by atoms with Crippen LogP contribution >= 0.6 is 27.3 Å². The Bertz CT molecular complexity index is 824. The Balaban J connectivity index is 1.71. The number of ketones is 1. The molecule has 1 aliphatic carbocycles. The first-order valence-corrected chi connectivity index (χ1v) is 8.68. The highest BCUT2D eigenvalue weighted by Gasteiger charge is 2.29. The Labute approximate surface area is 135 Å². The molecule has 0 saturated heterocycles. The van der Waals surface area contributed by atoms with Crippen molar-refractivity contribution in [1.29, 1.82) is 0 Å². The number of carbonyl (C=O) groups excluding carboxylic acids is 1. The molecule has 0 N–H and O–H groups in total. The third-order valence-electron chi connectivity index (χ3n) is 4.24. The highest BCUT2D eigenvalue weighted by Crippen LogP contribution is 2.36. The molecule has 1 aromatic heterocycles. The molecule has 3 aromatic rings. The summed E-state index contributed by atoms with van der Waals surface area (Å²) in [5.74, 6) is 0.384. The summed E-state index contributed by atoms with van der Waals surface area (Å²) in [6.45, 7) is 0. The van der Waals surface area contributed by atoms with Crippen LogP contribution < -0.4 is 0 Å². The van der Waals surface area contributed by atoms with E-state index in [1.54, 1.807) is 11.3 Å². The summed E-state index contributed by atoms with van der Waals surface area (Å²) < 4.78 is 2.23. The van der Waals surface area contributed by atoms with E-state index >= 15 is 0 Å². The van der Waals surface area contributed by atoms with Gasteiger partial charge in [0, 0.05) is 31.4 Å². The highest BCUT2D eigenvalue weighted by atomic mass is 79.9. The molecule has 3 heteroatoms. The summed E-state index contributed by atoms with van der Waals surface area (Å²) in [4.78, 5) is 12.9. The van der Waals surface area contributed by atoms with Crippen molar-refractivity contribution >= 4 is 43.1 Å². The Morgan fingerprint density at radius 3 is 2.48 bits per heavy atom. The van der Waals surface area contributed by atoms with E-state index in [0.29, 0.717) is 0 Å². The molecule has 21 heavy (non-hydrogen) atoms. The fourth-order valence-corrected chi connectivity index (χ4v) is 4.79. The molecule has 4 rings (SSSR count). The Kier molecular flexibility index (Phi) is 3.20. The minimum atomic E-state index is 0.0965. The maximum atomic E-state index is 12.9. The van der Waals surface area contributed by atoms with E-state index in [-0.39, 0.29) is 11.7 Å². The zero-order chi connectivity index (χ0) is 14.4. The predicted molar refractivity (Wildman–Crippen MR) is 91.2 cm³/mol. The van der Waals surface area contributed by atoms with Gasteiger partial charge in [-0.25, -0.2) is 0 Å². The van der Waals surface area contributed by atoms with Crippen molar-refractivity contribution in [3.8, 4) is 0 Å². The molecule has 1 nitrogen and oxygen atoms in total. The van der Waals surface area contributed by atoms with Crippen molar-refractivity contribution in [3.05, 3.63) is 69.0 Å². The van der Waals surface area contributed by atoms with Gasteiger partial charge in [0.25, 0.3) is 0 Å². The molecule has 104 valence electrons. The molecule has 0 spiro atoms. The summed E-state index contributed by atoms with van der Waals surface area (Å²) in [5.41, 5.74) is 3.54. The SMILES string of the molecule is O=C(c1csc2c(Br)cccc12)C1Cc2ccccc2C1. The molecule has 0 unspecified atom stereocenters. The average molecular weight is 357 g/mol. The highest BCUT2D eigenvalue weighted by molar-refractivity contribution is 9.10. The monoisotopic (exact) mass is 356 g/mol. The van der Waals surface area contributed by atoms with Crippen molar-refractivity contribution in [2.45, 2.75) is 12.8 Å². The number of halogens is 1. The number of benzene rings is 2. The normalized spacial score (nSPS) is 14.5. The fourth-order valence-electron chi connectivity index (χ4n) is 3.18. The average Bonchev–Trinajstić information content (AvgIpc) is 3.11. The van der Waals surface area contributed by atoms with Crippen molar-refractivity contribution in [2.24, 2.45) is 5.92 Å². The summed E-state index contributed by atoms with van der Waals surface area (Å²) in [7, 11) is 0. The summed E-state index contributed by atoms with van der Waals surface area (Å²) >= 11 is 5.21. The number of Topliss-reactive ketones (excluding diaryl/α,β-unsaturated/α-hetero) is 1. The molecule has 0 amide bonds. The molecular weight excluding hydrogens is 344 g/mol. The zero-order valence-electron chi connectivity index (χ0n) is 11.3. The fraction of sp³-hybridized carbons (Fsp3) is 0.167. The van der Waals surface area contributed by atoms with Crippen molar-refractivity contribution in [1.82, 2.24) is 0 Å². The summed E-state index contributed by atoms with van der Waals surface area (Å²) in [6.07, 6.45) is 1.75. The van der Waals surface area contributed by atoms with Crippen LogP contribution in [0.15, 0.2) is 52.3 Å². The topological polar surface area (TPSA) is 17.1 Å². The summed E-state index contributed by atoms with van der Waals surface area (Å²) in [5, 5.41) is 3.09. The largest absolute Gasteiger partial charge is 0.294 e. The van der Waals surface area contributed by atoms with Gasteiger partial charge in [0.1, 0.15) is 0 Å². The van der Waals surface area contributed by atoms with Crippen LogP contribution in [0.25, 0.3) is 10.1 Å². The van der Waals surface area contributed by atoms with E-state index in [9.17, 15) is 4.79 Å². The van der Waals surface area contributed by atoms with Gasteiger partial charge < -0.3 is 0 Å². The molecule has 0 fully saturated rings. The third-order valence-corrected chi connectivity index (χ3v) is 6.19. The van der Waals surface area contributed by atoms with Crippen LogP contribution in [-0.2, 0) is 12.8 Å². The second-order valence-corrected chi connectivity index (χ2v) is 7.24. The van der Waals surface area contributed by atoms with E-state index in [2.05, 4.69) is 40.2 Å². The van der Waals surface area contributed by atoms with Crippen molar-refractivity contribution < 1.29 is 4.79 Å². The van der Waals surface area contributed by atoms with Crippen molar-refractivity contribution in [2.75, 3.05) is 0 Å². The molecule has 0 bridgehead atoms. The number of carbonyl (C=O) groups is 1. The van der Waals surface area contributed by atoms with Gasteiger partial charge in [-0.3, -0.25) is 4.79 Å². The van der Waals surface area contributed by atoms with Gasteiger partial charge in [-0.1, -0.05) is 36.4 Å². The zero-order valence-corrected chi connectivity index (χ0v) is 13.7. The molecule has 0 saturated carbocycles. The standard InChI is InChI=1S/C18H13BrOS/c19-16-7-3-6-14-15(10-21-18(14)16)17(20)13-8-11-4-1-2-5-12(11)9-13/h1-7,10,13H,8-9H2. The first kappa shape index (κ1) is 13.2. The quantitative estimate of drug-likeness (QED) is 0.572. The lowest BCUT2D eigenvalue weighted by atomic mass is 9.95. The van der Waals surface area contributed by atoms with Gasteiger partial charge in [-0.15, -0.1) is 11.3 Å². The lowest BCUT2D eigenvalue weighted by Gasteiger charge is -2.07. The number of thiophene rings is 1. The first-order chi connectivity index (χ1) is 10.2. The molecule has 0 aliphatic heterocycles. The molecule has 1 heterocycles. The van der Waals surface area contributed by atoms with Gasteiger partial charge in [-0.05, 0) is 46.0 Å². The molecule has 0 radical (unpaired) electrons. The third kappa shape index (κ3) is 2.16. The van der Waals surface area contributed by atoms with Crippen LogP contribution in [-0.4, -0.2) is 5.78 Å². The van der Waals surface area contributed by atoms with Gasteiger partial charge in [-0.2, -0.15) is 0 Å². The minimum absolute atomic E-state index is 0.0965. The maximum absolute atomic E-state index is 12.9. The lowest BCUT2D eigenvalue weighted by Crippen LogP contribution is -2.14. The number of hydrogen-bond acceptors (Lipinski definition) is 2. The number of rotatable bonds is 2. The van der Waals surface area contributed by atoms with E-state index in [1.807, 2.05) is 23.6 Å².